The molecule has 1 amide bonds. The lowest BCUT2D eigenvalue weighted by atomic mass is 10.3. The van der Waals surface area contributed by atoms with Crippen molar-refractivity contribution in [3.05, 3.63) is 23.8 Å². The van der Waals surface area contributed by atoms with E-state index in [1.165, 1.54) is 25.9 Å². The van der Waals surface area contributed by atoms with Crippen LogP contribution in [0.3, 0.4) is 0 Å². The van der Waals surface area contributed by atoms with Crippen LogP contribution < -0.4 is 5.73 Å². The molecule has 21 heavy (non-hydrogen) atoms. The molecule has 9 heteroatoms. The second kappa shape index (κ2) is 6.35. The van der Waals surface area contributed by atoms with Gasteiger partial charge in [-0.1, -0.05) is 6.92 Å². The van der Waals surface area contributed by atoms with E-state index in [9.17, 15) is 22.0 Å². The van der Waals surface area contributed by atoms with Crippen molar-refractivity contribution < 1.29 is 22.0 Å². The number of sulfonamides is 1. The fourth-order valence-electron chi connectivity index (χ4n) is 1.55. The highest BCUT2D eigenvalue weighted by atomic mass is 32.2. The molecule has 0 atom stereocenters. The molecule has 0 aromatic heterocycles. The van der Waals surface area contributed by atoms with Gasteiger partial charge in [-0.2, -0.15) is 4.31 Å². The molecule has 0 aliphatic heterocycles. The van der Waals surface area contributed by atoms with Crippen molar-refractivity contribution in [1.29, 1.82) is 0 Å². The molecule has 6 nitrogen and oxygen atoms in total. The molecule has 0 bridgehead atoms. The van der Waals surface area contributed by atoms with Crippen LogP contribution in [0.2, 0.25) is 0 Å². The van der Waals surface area contributed by atoms with Gasteiger partial charge in [-0.25, -0.2) is 17.2 Å². The Hall–Kier alpha value is -1.74. The summed E-state index contributed by atoms with van der Waals surface area (Å²) in [5, 5.41) is 0. The topological polar surface area (TPSA) is 83.7 Å². The highest BCUT2D eigenvalue weighted by Crippen LogP contribution is 2.25. The average molecular weight is 321 g/mol. The molecule has 0 fully saturated rings. The van der Waals surface area contributed by atoms with E-state index in [1.807, 2.05) is 0 Å². The minimum Gasteiger partial charge on any atom is -0.394 e. The minimum absolute atomic E-state index is 0.0430. The van der Waals surface area contributed by atoms with Crippen LogP contribution in [-0.2, 0) is 14.8 Å². The fourth-order valence-corrected chi connectivity index (χ4v) is 3.02. The molecule has 0 radical (unpaired) electrons. The van der Waals surface area contributed by atoms with Gasteiger partial charge in [0.1, 0.15) is 16.4 Å². The number of nitrogen functional groups attached to an aromatic ring is 1. The van der Waals surface area contributed by atoms with E-state index in [1.54, 1.807) is 0 Å². The summed E-state index contributed by atoms with van der Waals surface area (Å²) in [6.45, 7) is 1.02. The van der Waals surface area contributed by atoms with Crippen molar-refractivity contribution in [2.75, 3.05) is 32.9 Å². The first kappa shape index (κ1) is 17.3. The zero-order chi connectivity index (χ0) is 16.4. The van der Waals surface area contributed by atoms with E-state index < -0.39 is 44.7 Å². The number of amides is 1. The van der Waals surface area contributed by atoms with Crippen LogP contribution in [0.25, 0.3) is 0 Å². The highest BCUT2D eigenvalue weighted by Gasteiger charge is 2.30. The van der Waals surface area contributed by atoms with Crippen LogP contribution in [0.1, 0.15) is 6.92 Å². The number of likely N-dealkylation sites (N-methyl/N-ethyl adjacent to an activating group) is 2. The van der Waals surface area contributed by atoms with Gasteiger partial charge in [0, 0.05) is 20.6 Å². The monoisotopic (exact) mass is 321 g/mol. The predicted octanol–water partition coefficient (Wildman–Crippen LogP) is 0.646. The maximum atomic E-state index is 13.9. The lowest BCUT2D eigenvalue weighted by Gasteiger charge is -2.22. The van der Waals surface area contributed by atoms with Crippen LogP contribution >= 0.6 is 0 Å². The first-order chi connectivity index (χ1) is 9.62. The second-order valence-corrected chi connectivity index (χ2v) is 6.40. The molecule has 0 heterocycles. The molecule has 118 valence electrons. The summed E-state index contributed by atoms with van der Waals surface area (Å²) in [5.41, 5.74) is 4.29. The van der Waals surface area contributed by atoms with Gasteiger partial charge in [-0.15, -0.1) is 0 Å². The normalized spacial score (nSPS) is 11.7. The standard InChI is InChI=1S/C12H17F2N3O3S/c1-4-17(7-10(18)16(2)3)21(19,20)9-6-5-8(13)12(15)11(9)14/h5-6H,4,7,15H2,1-3H3. The smallest absolute Gasteiger partial charge is 0.246 e. The van der Waals surface area contributed by atoms with Gasteiger partial charge in [-0.3, -0.25) is 4.79 Å². The maximum absolute atomic E-state index is 13.9. The summed E-state index contributed by atoms with van der Waals surface area (Å²) in [5.74, 6) is -2.86. The zero-order valence-electron chi connectivity index (χ0n) is 11.9. The largest absolute Gasteiger partial charge is 0.394 e. The molecule has 0 saturated heterocycles. The van der Waals surface area contributed by atoms with Gasteiger partial charge in [0.25, 0.3) is 0 Å². The van der Waals surface area contributed by atoms with Gasteiger partial charge in [0.05, 0.1) is 6.54 Å². The molecule has 0 saturated carbocycles. The van der Waals surface area contributed by atoms with Crippen LogP contribution in [0.5, 0.6) is 0 Å². The Kier molecular flexibility index (Phi) is 5.24. The molecule has 1 aromatic carbocycles. The number of nitrogens with zero attached hydrogens (tertiary/aromatic N) is 2. The fraction of sp³-hybridized carbons (Fsp3) is 0.417. The molecule has 0 unspecified atom stereocenters. The van der Waals surface area contributed by atoms with Crippen molar-refractivity contribution in [2.24, 2.45) is 0 Å². The number of rotatable bonds is 5. The Morgan fingerprint density at radius 1 is 1.29 bits per heavy atom. The molecule has 2 N–H and O–H groups in total. The van der Waals surface area contributed by atoms with E-state index in [0.717, 1.165) is 16.4 Å². The second-order valence-electron chi connectivity index (χ2n) is 4.49. The van der Waals surface area contributed by atoms with E-state index >= 15 is 0 Å². The van der Waals surface area contributed by atoms with E-state index in [-0.39, 0.29) is 6.54 Å². The molecular weight excluding hydrogens is 304 g/mol. The first-order valence-electron chi connectivity index (χ1n) is 6.06. The third-order valence-electron chi connectivity index (χ3n) is 2.87. The third-order valence-corrected chi connectivity index (χ3v) is 4.81. The number of halogens is 2. The Morgan fingerprint density at radius 3 is 2.33 bits per heavy atom. The predicted molar refractivity (Wildman–Crippen MR) is 73.9 cm³/mol. The van der Waals surface area contributed by atoms with Gasteiger partial charge in [-0.05, 0) is 12.1 Å². The maximum Gasteiger partial charge on any atom is 0.246 e. The average Bonchev–Trinajstić information content (AvgIpc) is 2.41. The molecule has 1 aromatic rings. The number of nitrogens with two attached hydrogens (primary N) is 1. The highest BCUT2D eigenvalue weighted by molar-refractivity contribution is 7.89. The molecule has 0 aliphatic rings. The van der Waals surface area contributed by atoms with Crippen LogP contribution in [0.15, 0.2) is 17.0 Å². The Balaban J connectivity index is 3.26. The zero-order valence-corrected chi connectivity index (χ0v) is 12.7. The minimum atomic E-state index is -4.29. The quantitative estimate of drug-likeness (QED) is 0.807. The summed E-state index contributed by atoms with van der Waals surface area (Å²) >= 11 is 0. The summed E-state index contributed by atoms with van der Waals surface area (Å²) in [7, 11) is -1.34. The number of carbonyl (C=O) groups is 1. The van der Waals surface area contributed by atoms with Gasteiger partial charge in [0.15, 0.2) is 5.82 Å². The van der Waals surface area contributed by atoms with E-state index in [4.69, 9.17) is 5.73 Å². The van der Waals surface area contributed by atoms with Crippen molar-refractivity contribution in [3.63, 3.8) is 0 Å². The van der Waals surface area contributed by atoms with Crippen molar-refractivity contribution in [1.82, 2.24) is 9.21 Å². The van der Waals surface area contributed by atoms with E-state index in [0.29, 0.717) is 0 Å². The molecule has 1 rings (SSSR count). The Bertz CT molecular complexity index is 647. The van der Waals surface area contributed by atoms with Gasteiger partial charge < -0.3 is 10.6 Å². The summed E-state index contributed by atoms with van der Waals surface area (Å²) in [6, 6.07) is 1.56. The molecule has 0 aliphatic carbocycles. The molecule has 0 spiro atoms. The lowest BCUT2D eigenvalue weighted by Crippen LogP contribution is -2.40. The van der Waals surface area contributed by atoms with Crippen molar-refractivity contribution in [2.45, 2.75) is 11.8 Å². The number of benzene rings is 1. The Labute approximate surface area is 122 Å². The van der Waals surface area contributed by atoms with Crippen molar-refractivity contribution >= 4 is 21.6 Å². The number of anilines is 1. The Morgan fingerprint density at radius 2 is 1.86 bits per heavy atom. The summed E-state index contributed by atoms with van der Waals surface area (Å²) < 4.78 is 52.5. The van der Waals surface area contributed by atoms with Gasteiger partial charge >= 0.3 is 0 Å². The number of carbonyl (C=O) groups excluding carboxylic acids is 1. The van der Waals surface area contributed by atoms with Gasteiger partial charge in [0.2, 0.25) is 15.9 Å². The van der Waals surface area contributed by atoms with Crippen LogP contribution in [0.4, 0.5) is 14.5 Å². The summed E-state index contributed by atoms with van der Waals surface area (Å²) in [4.78, 5) is 12.1. The molecular formula is C12H17F2N3O3S. The lowest BCUT2D eigenvalue weighted by molar-refractivity contribution is -0.128. The SMILES string of the molecule is CCN(CC(=O)N(C)C)S(=O)(=O)c1ccc(F)c(N)c1F. The van der Waals surface area contributed by atoms with E-state index in [2.05, 4.69) is 0 Å². The number of hydrogen-bond acceptors (Lipinski definition) is 4. The first-order valence-corrected chi connectivity index (χ1v) is 7.50. The summed E-state index contributed by atoms with van der Waals surface area (Å²) in [6.07, 6.45) is 0. The third kappa shape index (κ3) is 3.48. The van der Waals surface area contributed by atoms with Crippen LogP contribution in [-0.4, -0.2) is 50.7 Å². The van der Waals surface area contributed by atoms with Crippen molar-refractivity contribution in [3.8, 4) is 0 Å². The number of hydrogen-bond donors (Lipinski definition) is 1. The van der Waals surface area contributed by atoms with Crippen LogP contribution in [0, 0.1) is 11.6 Å².